The Morgan fingerprint density at radius 1 is 1.40 bits per heavy atom. The fourth-order valence-corrected chi connectivity index (χ4v) is 2.76. The van der Waals surface area contributed by atoms with Crippen LogP contribution in [0.3, 0.4) is 0 Å². The lowest BCUT2D eigenvalue weighted by Gasteiger charge is -2.40. The number of carbonyl (C=O) groups is 1. The van der Waals surface area contributed by atoms with Crippen molar-refractivity contribution >= 4 is 11.9 Å². The number of hydrogen-bond donors (Lipinski definition) is 1. The molecule has 1 saturated carbocycles. The smallest absolute Gasteiger partial charge is 0.259 e. The summed E-state index contributed by atoms with van der Waals surface area (Å²) in [5, 5.41) is 3.93. The van der Waals surface area contributed by atoms with Crippen molar-refractivity contribution in [2.24, 2.45) is 0 Å². The van der Waals surface area contributed by atoms with E-state index in [-0.39, 0.29) is 11.9 Å². The number of anilines is 1. The van der Waals surface area contributed by atoms with Gasteiger partial charge in [-0.1, -0.05) is 24.6 Å². The van der Waals surface area contributed by atoms with Crippen molar-refractivity contribution < 1.29 is 9.53 Å². The summed E-state index contributed by atoms with van der Waals surface area (Å²) in [6, 6.07) is 7.63. The average Bonchev–Trinajstić information content (AvgIpc) is 2.84. The molecule has 1 aliphatic rings. The Labute approximate surface area is 116 Å². The zero-order valence-electron chi connectivity index (χ0n) is 11.2. The highest BCUT2D eigenvalue weighted by Gasteiger charge is 2.48. The van der Waals surface area contributed by atoms with E-state index in [2.05, 4.69) is 10.1 Å². The van der Waals surface area contributed by atoms with Gasteiger partial charge in [0.2, 0.25) is 5.95 Å². The molecule has 20 heavy (non-hydrogen) atoms. The second kappa shape index (κ2) is 4.63. The van der Waals surface area contributed by atoms with Crippen molar-refractivity contribution in [3.63, 3.8) is 0 Å². The minimum absolute atomic E-state index is 0.0996. The summed E-state index contributed by atoms with van der Waals surface area (Å²) in [6.07, 6.45) is 3.94. The molecule has 6 heteroatoms. The van der Waals surface area contributed by atoms with Crippen LogP contribution in [-0.2, 0) is 5.41 Å². The molecule has 0 aliphatic heterocycles. The first kappa shape index (κ1) is 12.7. The van der Waals surface area contributed by atoms with Crippen LogP contribution < -0.4 is 10.5 Å². The van der Waals surface area contributed by atoms with E-state index >= 15 is 0 Å². The first-order valence-electron chi connectivity index (χ1n) is 6.53. The van der Waals surface area contributed by atoms with Gasteiger partial charge in [0, 0.05) is 5.56 Å². The second-order valence-electron chi connectivity index (χ2n) is 4.99. The van der Waals surface area contributed by atoms with Gasteiger partial charge in [-0.2, -0.15) is 4.68 Å². The number of nitrogens with two attached hydrogens (primary N) is 1. The number of rotatable bonds is 3. The molecule has 0 saturated heterocycles. The molecule has 104 valence electrons. The standard InChI is InChI=1S/C14H16N4O2/c1-20-11-6-3-2-5-10(11)14(7-4-8-14)12(19)18-9-16-13(15)17-18/h2-3,5-6,9H,4,7-8H2,1H3,(H2,15,17). The molecule has 0 bridgehead atoms. The Morgan fingerprint density at radius 3 is 2.70 bits per heavy atom. The number of carbonyl (C=O) groups excluding carboxylic acids is 1. The van der Waals surface area contributed by atoms with E-state index in [4.69, 9.17) is 10.5 Å². The Hall–Kier alpha value is -2.37. The highest BCUT2D eigenvalue weighted by molar-refractivity contribution is 5.91. The third-order valence-corrected chi connectivity index (χ3v) is 3.96. The average molecular weight is 272 g/mol. The van der Waals surface area contributed by atoms with E-state index in [0.29, 0.717) is 0 Å². The molecule has 0 spiro atoms. The normalized spacial score (nSPS) is 16.4. The van der Waals surface area contributed by atoms with Gasteiger partial charge in [0.1, 0.15) is 12.1 Å². The van der Waals surface area contributed by atoms with Gasteiger partial charge in [0.05, 0.1) is 12.5 Å². The van der Waals surface area contributed by atoms with Crippen LogP contribution in [0.5, 0.6) is 5.75 Å². The zero-order valence-corrected chi connectivity index (χ0v) is 11.2. The lowest BCUT2D eigenvalue weighted by molar-refractivity contribution is 0.0671. The van der Waals surface area contributed by atoms with E-state index in [0.717, 1.165) is 30.6 Å². The summed E-state index contributed by atoms with van der Waals surface area (Å²) in [7, 11) is 1.61. The lowest BCUT2D eigenvalue weighted by Crippen LogP contribution is -2.45. The van der Waals surface area contributed by atoms with Crippen molar-refractivity contribution in [2.75, 3.05) is 12.8 Å². The molecule has 0 radical (unpaired) electrons. The van der Waals surface area contributed by atoms with Gasteiger partial charge in [0.15, 0.2) is 0 Å². The molecule has 6 nitrogen and oxygen atoms in total. The summed E-state index contributed by atoms with van der Waals surface area (Å²) >= 11 is 0. The fraction of sp³-hybridized carbons (Fsp3) is 0.357. The first-order chi connectivity index (χ1) is 9.67. The third-order valence-electron chi connectivity index (χ3n) is 3.96. The van der Waals surface area contributed by atoms with E-state index in [9.17, 15) is 4.79 Å². The molecule has 3 rings (SSSR count). The Bertz CT molecular complexity index is 646. The van der Waals surface area contributed by atoms with Gasteiger partial charge in [-0.3, -0.25) is 4.79 Å². The maximum atomic E-state index is 12.8. The van der Waals surface area contributed by atoms with E-state index in [1.54, 1.807) is 7.11 Å². The maximum Gasteiger partial charge on any atom is 0.259 e. The first-order valence-corrected chi connectivity index (χ1v) is 6.53. The van der Waals surface area contributed by atoms with E-state index in [1.807, 2.05) is 24.3 Å². The number of nitrogen functional groups attached to an aromatic ring is 1. The summed E-state index contributed by atoms with van der Waals surface area (Å²) in [5.74, 6) is 0.735. The molecule has 1 aromatic carbocycles. The third kappa shape index (κ3) is 1.76. The number of nitrogens with zero attached hydrogens (tertiary/aromatic N) is 3. The van der Waals surface area contributed by atoms with Gasteiger partial charge in [0.25, 0.3) is 5.91 Å². The van der Waals surface area contributed by atoms with Gasteiger partial charge >= 0.3 is 0 Å². The number of para-hydroxylation sites is 1. The predicted octanol–water partition coefficient (Wildman–Crippen LogP) is 1.63. The zero-order chi connectivity index (χ0) is 14.2. The molecule has 1 heterocycles. The minimum atomic E-state index is -0.577. The van der Waals surface area contributed by atoms with E-state index < -0.39 is 5.41 Å². The summed E-state index contributed by atoms with van der Waals surface area (Å²) in [4.78, 5) is 16.6. The molecule has 1 fully saturated rings. The van der Waals surface area contributed by atoms with Gasteiger partial charge < -0.3 is 10.5 Å². The van der Waals surface area contributed by atoms with Crippen LogP contribution in [0.25, 0.3) is 0 Å². The van der Waals surface area contributed by atoms with Crippen molar-refractivity contribution in [1.82, 2.24) is 14.8 Å². The molecule has 1 aromatic heterocycles. The van der Waals surface area contributed by atoms with Crippen LogP contribution in [-0.4, -0.2) is 27.8 Å². The molecule has 2 N–H and O–H groups in total. The van der Waals surface area contributed by atoms with Crippen molar-refractivity contribution in [2.45, 2.75) is 24.7 Å². The topological polar surface area (TPSA) is 83.0 Å². The van der Waals surface area contributed by atoms with Crippen molar-refractivity contribution in [3.05, 3.63) is 36.2 Å². The van der Waals surface area contributed by atoms with Gasteiger partial charge in [-0.05, 0) is 18.9 Å². The maximum absolute atomic E-state index is 12.8. The number of hydrogen-bond acceptors (Lipinski definition) is 5. The van der Waals surface area contributed by atoms with Gasteiger partial charge in [-0.15, -0.1) is 5.10 Å². The van der Waals surface area contributed by atoms with Gasteiger partial charge in [-0.25, -0.2) is 4.98 Å². The summed E-state index contributed by atoms with van der Waals surface area (Å²) in [6.45, 7) is 0. The van der Waals surface area contributed by atoms with Crippen molar-refractivity contribution in [3.8, 4) is 5.75 Å². The Kier molecular flexibility index (Phi) is 2.93. The quantitative estimate of drug-likeness (QED) is 0.918. The van der Waals surface area contributed by atoms with Crippen LogP contribution in [0, 0.1) is 0 Å². The second-order valence-corrected chi connectivity index (χ2v) is 4.99. The van der Waals surface area contributed by atoms with Crippen molar-refractivity contribution in [1.29, 1.82) is 0 Å². The molecule has 0 unspecified atom stereocenters. The van der Waals surface area contributed by atoms with Crippen LogP contribution in [0.4, 0.5) is 5.95 Å². The van der Waals surface area contributed by atoms with Crippen LogP contribution >= 0.6 is 0 Å². The van der Waals surface area contributed by atoms with Crippen LogP contribution in [0.1, 0.15) is 29.6 Å². The SMILES string of the molecule is COc1ccccc1C1(C(=O)n2cnc(N)n2)CCC1. The van der Waals surface area contributed by atoms with E-state index in [1.165, 1.54) is 11.0 Å². The largest absolute Gasteiger partial charge is 0.496 e. The highest BCUT2D eigenvalue weighted by Crippen LogP contribution is 2.48. The van der Waals surface area contributed by atoms with Crippen LogP contribution in [0.15, 0.2) is 30.6 Å². The fourth-order valence-electron chi connectivity index (χ4n) is 2.76. The predicted molar refractivity (Wildman–Crippen MR) is 73.6 cm³/mol. The highest BCUT2D eigenvalue weighted by atomic mass is 16.5. The summed E-state index contributed by atoms with van der Waals surface area (Å²) in [5.41, 5.74) is 5.83. The number of benzene rings is 1. The number of methoxy groups -OCH3 is 1. The minimum Gasteiger partial charge on any atom is -0.496 e. The summed E-state index contributed by atoms with van der Waals surface area (Å²) < 4.78 is 6.63. The number of ether oxygens (including phenoxy) is 1. The Balaban J connectivity index is 2.05. The Morgan fingerprint density at radius 2 is 2.15 bits per heavy atom. The lowest BCUT2D eigenvalue weighted by atomic mass is 9.63. The number of aromatic nitrogens is 3. The molecular weight excluding hydrogens is 256 g/mol. The molecular formula is C14H16N4O2. The molecule has 2 aromatic rings. The van der Waals surface area contributed by atoms with Crippen LogP contribution in [0.2, 0.25) is 0 Å². The molecule has 0 atom stereocenters. The monoisotopic (exact) mass is 272 g/mol. The molecule has 1 aliphatic carbocycles. The molecule has 0 amide bonds.